The van der Waals surface area contributed by atoms with Crippen LogP contribution in [0.2, 0.25) is 0 Å². The number of rotatable bonds is 3. The van der Waals surface area contributed by atoms with E-state index in [9.17, 15) is 0 Å². The standard InChI is InChI=1S/C15H27N3O2/c1-15(2)12(11-6-8-20-13(11)15)18-14(16-3)17-9-10-5-4-7-19-10/h10-13H,4-9H2,1-3H3,(H2,16,17,18). The van der Waals surface area contributed by atoms with Gasteiger partial charge >= 0.3 is 0 Å². The van der Waals surface area contributed by atoms with Crippen molar-refractivity contribution in [2.75, 3.05) is 26.8 Å². The van der Waals surface area contributed by atoms with Gasteiger partial charge in [0.1, 0.15) is 0 Å². The van der Waals surface area contributed by atoms with Gasteiger partial charge in [-0.1, -0.05) is 13.8 Å². The van der Waals surface area contributed by atoms with Crippen LogP contribution in [0.1, 0.15) is 33.1 Å². The molecule has 0 aromatic heterocycles. The fourth-order valence-electron chi connectivity index (χ4n) is 3.98. The Bertz CT molecular complexity index is 377. The van der Waals surface area contributed by atoms with Crippen LogP contribution in [0.25, 0.3) is 0 Å². The van der Waals surface area contributed by atoms with Gasteiger partial charge in [-0.2, -0.15) is 0 Å². The number of hydrogen-bond acceptors (Lipinski definition) is 3. The fraction of sp³-hybridized carbons (Fsp3) is 0.933. The van der Waals surface area contributed by atoms with Crippen LogP contribution < -0.4 is 10.6 Å². The maximum Gasteiger partial charge on any atom is 0.191 e. The minimum Gasteiger partial charge on any atom is -0.377 e. The van der Waals surface area contributed by atoms with E-state index in [2.05, 4.69) is 29.5 Å². The fourth-order valence-corrected chi connectivity index (χ4v) is 3.98. The molecule has 4 atom stereocenters. The second kappa shape index (κ2) is 5.53. The maximum atomic E-state index is 5.83. The summed E-state index contributed by atoms with van der Waals surface area (Å²) in [6, 6.07) is 0.450. The van der Waals surface area contributed by atoms with Crippen molar-refractivity contribution >= 4 is 5.96 Å². The number of guanidine groups is 1. The summed E-state index contributed by atoms with van der Waals surface area (Å²) in [5.41, 5.74) is 0.183. The van der Waals surface area contributed by atoms with E-state index in [1.165, 1.54) is 6.42 Å². The van der Waals surface area contributed by atoms with Crippen molar-refractivity contribution < 1.29 is 9.47 Å². The molecule has 1 saturated carbocycles. The third kappa shape index (κ3) is 2.42. The average molecular weight is 281 g/mol. The van der Waals surface area contributed by atoms with E-state index in [-0.39, 0.29) is 5.41 Å². The summed E-state index contributed by atoms with van der Waals surface area (Å²) in [5, 5.41) is 6.99. The predicted octanol–water partition coefficient (Wildman–Crippen LogP) is 1.14. The Morgan fingerprint density at radius 3 is 2.80 bits per heavy atom. The molecule has 0 amide bonds. The molecule has 5 nitrogen and oxygen atoms in total. The van der Waals surface area contributed by atoms with Crippen LogP contribution in [0.3, 0.4) is 0 Å². The lowest BCUT2D eigenvalue weighted by atomic mass is 9.57. The van der Waals surface area contributed by atoms with E-state index >= 15 is 0 Å². The monoisotopic (exact) mass is 281 g/mol. The third-order valence-electron chi connectivity index (χ3n) is 5.14. The molecule has 3 aliphatic rings. The van der Waals surface area contributed by atoms with E-state index < -0.39 is 0 Å². The van der Waals surface area contributed by atoms with Crippen molar-refractivity contribution in [2.45, 2.75) is 51.4 Å². The maximum absolute atomic E-state index is 5.83. The molecule has 5 heteroatoms. The molecule has 1 aliphatic carbocycles. The Morgan fingerprint density at radius 1 is 1.25 bits per heavy atom. The minimum absolute atomic E-state index is 0.183. The first-order valence-corrected chi connectivity index (χ1v) is 7.83. The number of ether oxygens (including phenoxy) is 2. The van der Waals surface area contributed by atoms with Crippen LogP contribution >= 0.6 is 0 Å². The van der Waals surface area contributed by atoms with Gasteiger partial charge in [-0.25, -0.2) is 0 Å². The third-order valence-corrected chi connectivity index (χ3v) is 5.14. The largest absolute Gasteiger partial charge is 0.377 e. The second-order valence-corrected chi connectivity index (χ2v) is 6.78. The molecule has 2 aliphatic heterocycles. The highest BCUT2D eigenvalue weighted by atomic mass is 16.5. The van der Waals surface area contributed by atoms with Crippen molar-refractivity contribution in [2.24, 2.45) is 16.3 Å². The van der Waals surface area contributed by atoms with Gasteiger partial charge in [0.15, 0.2) is 5.96 Å². The lowest BCUT2D eigenvalue weighted by Gasteiger charge is -2.54. The molecule has 3 rings (SSSR count). The summed E-state index contributed by atoms with van der Waals surface area (Å²) in [5.74, 6) is 1.52. The van der Waals surface area contributed by atoms with Crippen LogP contribution in [0, 0.1) is 11.3 Å². The summed E-state index contributed by atoms with van der Waals surface area (Å²) >= 11 is 0. The molecule has 0 bridgehead atoms. The first-order chi connectivity index (χ1) is 9.63. The van der Waals surface area contributed by atoms with Crippen LogP contribution in [0.5, 0.6) is 0 Å². The zero-order chi connectivity index (χ0) is 14.2. The van der Waals surface area contributed by atoms with Crippen molar-refractivity contribution in [3.63, 3.8) is 0 Å². The number of nitrogens with zero attached hydrogens (tertiary/aromatic N) is 1. The predicted molar refractivity (Wildman–Crippen MR) is 78.9 cm³/mol. The Hall–Kier alpha value is -0.810. The van der Waals surface area contributed by atoms with Gasteiger partial charge < -0.3 is 20.1 Å². The molecule has 0 aromatic carbocycles. The first kappa shape index (κ1) is 14.1. The van der Waals surface area contributed by atoms with Gasteiger partial charge in [0, 0.05) is 44.2 Å². The van der Waals surface area contributed by atoms with Crippen LogP contribution in [-0.4, -0.2) is 51.0 Å². The van der Waals surface area contributed by atoms with Crippen molar-refractivity contribution in [3.8, 4) is 0 Å². The lowest BCUT2D eigenvalue weighted by Crippen LogP contribution is -2.68. The molecule has 114 valence electrons. The molecule has 3 fully saturated rings. The van der Waals surface area contributed by atoms with E-state index in [0.29, 0.717) is 24.2 Å². The van der Waals surface area contributed by atoms with Crippen molar-refractivity contribution in [1.82, 2.24) is 10.6 Å². The highest BCUT2D eigenvalue weighted by Gasteiger charge is 2.59. The van der Waals surface area contributed by atoms with Gasteiger partial charge in [0.2, 0.25) is 0 Å². The molecular formula is C15H27N3O2. The molecule has 4 unspecified atom stereocenters. The first-order valence-electron chi connectivity index (χ1n) is 7.83. The molecule has 2 heterocycles. The SMILES string of the molecule is CN=C(NCC1CCCO1)NC1C2CCOC2C1(C)C. The van der Waals surface area contributed by atoms with Gasteiger partial charge in [-0.15, -0.1) is 0 Å². The zero-order valence-electron chi connectivity index (χ0n) is 12.8. The number of nitrogens with one attached hydrogen (secondary N) is 2. The van der Waals surface area contributed by atoms with Gasteiger partial charge in [0.25, 0.3) is 0 Å². The zero-order valence-corrected chi connectivity index (χ0v) is 12.8. The van der Waals surface area contributed by atoms with E-state index in [1.807, 2.05) is 7.05 Å². The molecule has 0 aromatic rings. The molecule has 2 saturated heterocycles. The second-order valence-electron chi connectivity index (χ2n) is 6.78. The summed E-state index contributed by atoms with van der Waals surface area (Å²) in [4.78, 5) is 4.35. The van der Waals surface area contributed by atoms with Crippen molar-refractivity contribution in [3.05, 3.63) is 0 Å². The summed E-state index contributed by atoms with van der Waals surface area (Å²) in [6.07, 6.45) is 4.24. The quantitative estimate of drug-likeness (QED) is 0.602. The van der Waals surface area contributed by atoms with Crippen molar-refractivity contribution in [1.29, 1.82) is 0 Å². The average Bonchev–Trinajstić information content (AvgIpc) is 3.08. The molecular weight excluding hydrogens is 254 g/mol. The Morgan fingerprint density at radius 2 is 2.10 bits per heavy atom. The number of aliphatic imine (C=N–C) groups is 1. The van der Waals surface area contributed by atoms with Crippen LogP contribution in [-0.2, 0) is 9.47 Å². The Labute approximate surface area is 121 Å². The number of fused-ring (bicyclic) bond motifs is 1. The summed E-state index contributed by atoms with van der Waals surface area (Å²) in [6.45, 7) is 7.21. The van der Waals surface area contributed by atoms with E-state index in [0.717, 1.165) is 38.6 Å². The molecule has 2 N–H and O–H groups in total. The Balaban J connectivity index is 1.52. The molecule has 0 radical (unpaired) electrons. The Kier molecular flexibility index (Phi) is 3.91. The van der Waals surface area contributed by atoms with E-state index in [4.69, 9.17) is 9.47 Å². The van der Waals surface area contributed by atoms with Crippen LogP contribution in [0.15, 0.2) is 4.99 Å². The lowest BCUT2D eigenvalue weighted by molar-refractivity contribution is -0.106. The van der Waals surface area contributed by atoms with Crippen LogP contribution in [0.4, 0.5) is 0 Å². The van der Waals surface area contributed by atoms with Gasteiger partial charge in [-0.3, -0.25) is 4.99 Å². The number of hydrogen-bond donors (Lipinski definition) is 2. The highest BCUT2D eigenvalue weighted by molar-refractivity contribution is 5.80. The smallest absolute Gasteiger partial charge is 0.191 e. The molecule has 0 spiro atoms. The molecule has 20 heavy (non-hydrogen) atoms. The van der Waals surface area contributed by atoms with E-state index in [1.54, 1.807) is 0 Å². The highest BCUT2D eigenvalue weighted by Crippen LogP contribution is 2.52. The normalized spacial score (nSPS) is 39.2. The van der Waals surface area contributed by atoms with Gasteiger partial charge in [-0.05, 0) is 19.3 Å². The van der Waals surface area contributed by atoms with Gasteiger partial charge in [0.05, 0.1) is 12.2 Å². The topological polar surface area (TPSA) is 54.9 Å². The summed E-state index contributed by atoms with van der Waals surface area (Å²) < 4.78 is 11.5. The minimum atomic E-state index is 0.183. The summed E-state index contributed by atoms with van der Waals surface area (Å²) in [7, 11) is 1.83.